The van der Waals surface area contributed by atoms with Gasteiger partial charge in [-0.15, -0.1) is 5.10 Å². The number of halogens is 2. The molecular formula is C24H25ClFN7. The van der Waals surface area contributed by atoms with Gasteiger partial charge in [0.1, 0.15) is 11.6 Å². The van der Waals surface area contributed by atoms with Gasteiger partial charge in [0, 0.05) is 42.8 Å². The molecule has 1 aliphatic rings. The lowest BCUT2D eigenvalue weighted by atomic mass is 10.1. The number of fused-ring (bicyclic) bond motifs is 1. The largest absolute Gasteiger partial charge is 0.383 e. The third kappa shape index (κ3) is 4.00. The van der Waals surface area contributed by atoms with Crippen molar-refractivity contribution in [3.63, 3.8) is 0 Å². The average molecular weight is 466 g/mol. The number of piperazine rings is 1. The van der Waals surface area contributed by atoms with Gasteiger partial charge in [0.15, 0.2) is 5.65 Å². The molecular weight excluding hydrogens is 441 g/mol. The molecule has 5 rings (SSSR count). The van der Waals surface area contributed by atoms with Gasteiger partial charge in [0.25, 0.3) is 0 Å². The Kier molecular flexibility index (Phi) is 5.64. The summed E-state index contributed by atoms with van der Waals surface area (Å²) in [5.41, 5.74) is 9.06. The number of hydrogen-bond acceptors (Lipinski definition) is 6. The van der Waals surface area contributed by atoms with Gasteiger partial charge < -0.3 is 10.6 Å². The molecule has 4 aromatic rings. The van der Waals surface area contributed by atoms with Gasteiger partial charge in [-0.1, -0.05) is 29.8 Å². The van der Waals surface area contributed by atoms with Crippen LogP contribution in [0.1, 0.15) is 13.8 Å². The maximum atomic E-state index is 13.5. The van der Waals surface area contributed by atoms with Crippen LogP contribution in [0.15, 0.2) is 48.5 Å². The van der Waals surface area contributed by atoms with E-state index < -0.39 is 0 Å². The van der Waals surface area contributed by atoms with Crippen LogP contribution in [0.4, 0.5) is 16.2 Å². The number of anilines is 2. The van der Waals surface area contributed by atoms with Crippen molar-refractivity contribution in [3.05, 3.63) is 59.4 Å². The second kappa shape index (κ2) is 8.61. The predicted octanol–water partition coefficient (Wildman–Crippen LogP) is 4.39. The highest BCUT2D eigenvalue weighted by Crippen LogP contribution is 2.36. The summed E-state index contributed by atoms with van der Waals surface area (Å²) in [5.74, 6) is 0.653. The van der Waals surface area contributed by atoms with Crippen molar-refractivity contribution in [2.24, 2.45) is 0 Å². The molecule has 0 aliphatic carbocycles. The zero-order valence-electron chi connectivity index (χ0n) is 18.5. The fourth-order valence-corrected chi connectivity index (χ4v) is 4.43. The van der Waals surface area contributed by atoms with Gasteiger partial charge in [0.2, 0.25) is 5.95 Å². The fraction of sp³-hybridized carbons (Fsp3) is 0.292. The van der Waals surface area contributed by atoms with E-state index in [1.165, 1.54) is 12.1 Å². The first-order chi connectivity index (χ1) is 15.9. The number of nitrogens with zero attached hydrogens (tertiary/aromatic N) is 6. The molecule has 33 heavy (non-hydrogen) atoms. The first-order valence-electron chi connectivity index (χ1n) is 11.0. The van der Waals surface area contributed by atoms with Gasteiger partial charge >= 0.3 is 0 Å². The van der Waals surface area contributed by atoms with Crippen LogP contribution in [-0.2, 0) is 0 Å². The van der Waals surface area contributed by atoms with Crippen LogP contribution in [0.2, 0.25) is 5.02 Å². The van der Waals surface area contributed by atoms with E-state index >= 15 is 0 Å². The van der Waals surface area contributed by atoms with E-state index in [1.54, 1.807) is 16.8 Å². The molecule has 2 aromatic heterocycles. The molecule has 0 radical (unpaired) electrons. The summed E-state index contributed by atoms with van der Waals surface area (Å²) in [6, 6.07) is 14.0. The summed E-state index contributed by atoms with van der Waals surface area (Å²) in [6.07, 6.45) is 0. The number of rotatable bonds is 4. The van der Waals surface area contributed by atoms with Crippen molar-refractivity contribution >= 4 is 34.4 Å². The minimum absolute atomic E-state index is 0.326. The molecule has 7 nitrogen and oxygen atoms in total. The molecule has 1 fully saturated rings. The van der Waals surface area contributed by atoms with Crippen LogP contribution in [-0.4, -0.2) is 56.9 Å². The lowest BCUT2D eigenvalue weighted by molar-refractivity contribution is 0.208. The first kappa shape index (κ1) is 21.6. The maximum absolute atomic E-state index is 13.5. The van der Waals surface area contributed by atoms with E-state index in [0.29, 0.717) is 45.2 Å². The number of hydrogen-bond donors (Lipinski definition) is 1. The van der Waals surface area contributed by atoms with E-state index in [-0.39, 0.29) is 5.82 Å². The van der Waals surface area contributed by atoms with Crippen LogP contribution >= 0.6 is 11.6 Å². The van der Waals surface area contributed by atoms with Gasteiger partial charge in [0.05, 0.1) is 16.8 Å². The summed E-state index contributed by atoms with van der Waals surface area (Å²) < 4.78 is 15.0. The Morgan fingerprint density at radius 3 is 2.33 bits per heavy atom. The molecule has 0 amide bonds. The lowest BCUT2D eigenvalue weighted by Crippen LogP contribution is -2.49. The summed E-state index contributed by atoms with van der Waals surface area (Å²) >= 11 is 6.55. The fourth-order valence-electron chi connectivity index (χ4n) is 4.21. The Morgan fingerprint density at radius 2 is 1.67 bits per heavy atom. The van der Waals surface area contributed by atoms with Crippen molar-refractivity contribution < 1.29 is 4.39 Å². The summed E-state index contributed by atoms with van der Waals surface area (Å²) in [7, 11) is 0. The molecule has 3 heterocycles. The number of aromatic nitrogens is 4. The Hall–Kier alpha value is -3.23. The monoisotopic (exact) mass is 465 g/mol. The number of nitrogens with two attached hydrogens (primary N) is 1. The van der Waals surface area contributed by atoms with Crippen molar-refractivity contribution in [3.8, 4) is 16.9 Å². The standard InChI is InChI=1S/C24H25ClFN7/c1-15(2)31-11-13-32(14-12-31)24-28-21(18-5-3-4-6-19(18)25)20-22(27)33(30-23(20)29-24)17-9-7-16(26)8-10-17/h3-10,15H,11-14,27H2,1-2H3. The van der Waals surface area contributed by atoms with E-state index in [9.17, 15) is 4.39 Å². The molecule has 0 bridgehead atoms. The Morgan fingerprint density at radius 1 is 0.970 bits per heavy atom. The lowest BCUT2D eigenvalue weighted by Gasteiger charge is -2.36. The topological polar surface area (TPSA) is 76.1 Å². The van der Waals surface area contributed by atoms with Gasteiger partial charge in [-0.2, -0.15) is 4.98 Å². The summed E-state index contributed by atoms with van der Waals surface area (Å²) in [6.45, 7) is 7.93. The van der Waals surface area contributed by atoms with Crippen LogP contribution in [0.25, 0.3) is 28.0 Å². The van der Waals surface area contributed by atoms with Gasteiger partial charge in [-0.25, -0.2) is 14.1 Å². The smallest absolute Gasteiger partial charge is 0.228 e. The van der Waals surface area contributed by atoms with Crippen molar-refractivity contribution in [1.29, 1.82) is 0 Å². The quantitative estimate of drug-likeness (QED) is 0.481. The molecule has 0 spiro atoms. The summed E-state index contributed by atoms with van der Waals surface area (Å²) in [5, 5.41) is 5.86. The molecule has 1 aliphatic heterocycles. The number of benzene rings is 2. The second-order valence-electron chi connectivity index (χ2n) is 8.44. The third-order valence-electron chi connectivity index (χ3n) is 6.08. The molecule has 2 aromatic carbocycles. The molecule has 0 unspecified atom stereocenters. The zero-order valence-corrected chi connectivity index (χ0v) is 19.3. The SMILES string of the molecule is CC(C)N1CCN(c2nc(-c3ccccc3Cl)c3c(N)n(-c4ccc(F)cc4)nc3n2)CC1. The first-order valence-corrected chi connectivity index (χ1v) is 11.4. The molecule has 1 saturated heterocycles. The van der Waals surface area contributed by atoms with Crippen LogP contribution < -0.4 is 10.6 Å². The highest BCUT2D eigenvalue weighted by molar-refractivity contribution is 6.33. The zero-order chi connectivity index (χ0) is 23.1. The molecule has 2 N–H and O–H groups in total. The number of nitrogen functional groups attached to an aromatic ring is 1. The minimum Gasteiger partial charge on any atom is -0.383 e. The van der Waals surface area contributed by atoms with Crippen LogP contribution in [0.3, 0.4) is 0 Å². The molecule has 0 saturated carbocycles. The Bertz CT molecular complexity index is 1290. The molecule has 9 heteroatoms. The van der Waals surface area contributed by atoms with E-state index in [2.05, 4.69) is 28.7 Å². The Balaban J connectivity index is 1.66. The van der Waals surface area contributed by atoms with Gasteiger partial charge in [-0.05, 0) is 44.2 Å². The van der Waals surface area contributed by atoms with Crippen LogP contribution in [0.5, 0.6) is 0 Å². The van der Waals surface area contributed by atoms with E-state index in [0.717, 1.165) is 31.7 Å². The van der Waals surface area contributed by atoms with Crippen molar-refractivity contribution in [2.45, 2.75) is 19.9 Å². The predicted molar refractivity (Wildman–Crippen MR) is 130 cm³/mol. The highest BCUT2D eigenvalue weighted by atomic mass is 35.5. The average Bonchev–Trinajstić information content (AvgIpc) is 3.16. The van der Waals surface area contributed by atoms with E-state index in [1.807, 2.05) is 24.3 Å². The minimum atomic E-state index is -0.326. The van der Waals surface area contributed by atoms with E-state index in [4.69, 9.17) is 27.3 Å². The van der Waals surface area contributed by atoms with Crippen molar-refractivity contribution in [1.82, 2.24) is 24.6 Å². The second-order valence-corrected chi connectivity index (χ2v) is 8.85. The highest BCUT2D eigenvalue weighted by Gasteiger charge is 2.25. The summed E-state index contributed by atoms with van der Waals surface area (Å²) in [4.78, 5) is 14.3. The molecule has 170 valence electrons. The van der Waals surface area contributed by atoms with Gasteiger partial charge in [-0.3, -0.25) is 4.90 Å². The Labute approximate surface area is 196 Å². The van der Waals surface area contributed by atoms with Crippen LogP contribution in [0, 0.1) is 5.82 Å². The maximum Gasteiger partial charge on any atom is 0.228 e. The molecule has 0 atom stereocenters. The normalized spacial score (nSPS) is 15.0. The van der Waals surface area contributed by atoms with Crippen molar-refractivity contribution in [2.75, 3.05) is 36.8 Å². The third-order valence-corrected chi connectivity index (χ3v) is 6.41.